The van der Waals surface area contributed by atoms with Crippen LogP contribution in [0.5, 0.6) is 0 Å². The van der Waals surface area contributed by atoms with Gasteiger partial charge in [-0.05, 0) is 5.56 Å². The Morgan fingerprint density at radius 1 is 0.920 bits per heavy atom. The highest BCUT2D eigenvalue weighted by Crippen LogP contribution is 2.12. The van der Waals surface area contributed by atoms with Gasteiger partial charge >= 0.3 is 5.97 Å². The standard InChI is InChI=1S/C20H21NO4/c1-13(2)19(23)21-17(20(24)25)12-14-8-10-16(11-9-14)18(22)15-6-4-3-5-7-15/h3-11,13,17H,12H2,1-2H3,(H,21,23)(H,24,25)/t17-/m0/s1. The van der Waals surface area contributed by atoms with Crippen molar-refractivity contribution in [3.8, 4) is 0 Å². The maximum atomic E-state index is 12.4. The largest absolute Gasteiger partial charge is 0.480 e. The normalized spacial score (nSPS) is 11.8. The van der Waals surface area contributed by atoms with Gasteiger partial charge in [-0.15, -0.1) is 0 Å². The second kappa shape index (κ2) is 8.24. The Hall–Kier alpha value is -2.95. The summed E-state index contributed by atoms with van der Waals surface area (Å²) in [6.45, 7) is 3.41. The summed E-state index contributed by atoms with van der Waals surface area (Å²) in [5, 5.41) is 11.8. The fourth-order valence-electron chi connectivity index (χ4n) is 2.32. The number of carboxylic acids is 1. The van der Waals surface area contributed by atoms with E-state index in [-0.39, 0.29) is 24.0 Å². The summed E-state index contributed by atoms with van der Waals surface area (Å²) in [6, 6.07) is 14.7. The van der Waals surface area contributed by atoms with E-state index < -0.39 is 12.0 Å². The molecule has 0 aliphatic carbocycles. The van der Waals surface area contributed by atoms with Crippen LogP contribution in [-0.2, 0) is 16.0 Å². The van der Waals surface area contributed by atoms with E-state index in [1.165, 1.54) is 0 Å². The summed E-state index contributed by atoms with van der Waals surface area (Å²) >= 11 is 0. The van der Waals surface area contributed by atoms with Crippen LogP contribution in [0.25, 0.3) is 0 Å². The van der Waals surface area contributed by atoms with E-state index in [0.29, 0.717) is 11.1 Å². The molecule has 0 aromatic heterocycles. The first-order chi connectivity index (χ1) is 11.9. The van der Waals surface area contributed by atoms with Crippen LogP contribution < -0.4 is 5.32 Å². The third-order valence-corrected chi connectivity index (χ3v) is 3.83. The van der Waals surface area contributed by atoms with Crippen LogP contribution in [0.4, 0.5) is 0 Å². The van der Waals surface area contributed by atoms with Gasteiger partial charge in [0.05, 0.1) is 0 Å². The Kier molecular flexibility index (Phi) is 6.06. The summed E-state index contributed by atoms with van der Waals surface area (Å²) in [7, 11) is 0. The zero-order valence-electron chi connectivity index (χ0n) is 14.2. The average molecular weight is 339 g/mol. The lowest BCUT2D eigenvalue weighted by Gasteiger charge is -2.16. The Morgan fingerprint density at radius 3 is 2.00 bits per heavy atom. The summed E-state index contributed by atoms with van der Waals surface area (Å²) in [5.74, 6) is -1.76. The number of amides is 1. The molecule has 0 bridgehead atoms. The molecule has 2 N–H and O–H groups in total. The molecule has 5 heteroatoms. The number of rotatable bonds is 7. The van der Waals surface area contributed by atoms with Crippen molar-refractivity contribution < 1.29 is 19.5 Å². The van der Waals surface area contributed by atoms with E-state index in [0.717, 1.165) is 5.56 Å². The van der Waals surface area contributed by atoms with Crippen molar-refractivity contribution in [2.45, 2.75) is 26.3 Å². The second-order valence-electron chi connectivity index (χ2n) is 6.15. The van der Waals surface area contributed by atoms with Gasteiger partial charge in [0.1, 0.15) is 6.04 Å². The molecule has 2 aromatic carbocycles. The van der Waals surface area contributed by atoms with Gasteiger partial charge in [0, 0.05) is 23.5 Å². The fourth-order valence-corrected chi connectivity index (χ4v) is 2.32. The Labute approximate surface area is 146 Å². The molecule has 0 aliphatic heterocycles. The molecule has 1 amide bonds. The number of benzene rings is 2. The van der Waals surface area contributed by atoms with E-state index in [9.17, 15) is 19.5 Å². The van der Waals surface area contributed by atoms with Crippen LogP contribution in [0.3, 0.4) is 0 Å². The molecule has 2 aromatic rings. The maximum absolute atomic E-state index is 12.4. The van der Waals surface area contributed by atoms with Gasteiger partial charge in [-0.1, -0.05) is 68.4 Å². The molecule has 25 heavy (non-hydrogen) atoms. The van der Waals surface area contributed by atoms with Crippen LogP contribution in [0.2, 0.25) is 0 Å². The number of ketones is 1. The molecular weight excluding hydrogens is 318 g/mol. The minimum Gasteiger partial charge on any atom is -0.480 e. The van der Waals surface area contributed by atoms with Gasteiger partial charge in [-0.3, -0.25) is 9.59 Å². The lowest BCUT2D eigenvalue weighted by atomic mass is 9.99. The molecule has 0 unspecified atom stereocenters. The molecule has 5 nitrogen and oxygen atoms in total. The lowest BCUT2D eigenvalue weighted by molar-refractivity contribution is -0.142. The van der Waals surface area contributed by atoms with Gasteiger partial charge in [0.25, 0.3) is 0 Å². The maximum Gasteiger partial charge on any atom is 0.326 e. The molecule has 0 spiro atoms. The molecule has 0 saturated heterocycles. The number of aliphatic carboxylic acids is 1. The highest BCUT2D eigenvalue weighted by atomic mass is 16.4. The van der Waals surface area contributed by atoms with Gasteiger partial charge in [0.15, 0.2) is 5.78 Å². The number of carbonyl (C=O) groups excluding carboxylic acids is 2. The minimum atomic E-state index is -1.08. The lowest BCUT2D eigenvalue weighted by Crippen LogP contribution is -2.44. The quantitative estimate of drug-likeness (QED) is 0.760. The van der Waals surface area contributed by atoms with E-state index in [2.05, 4.69) is 5.32 Å². The monoisotopic (exact) mass is 339 g/mol. The van der Waals surface area contributed by atoms with Crippen LogP contribution in [-0.4, -0.2) is 28.8 Å². The van der Waals surface area contributed by atoms with Gasteiger partial charge < -0.3 is 10.4 Å². The van der Waals surface area contributed by atoms with E-state index in [1.54, 1.807) is 62.4 Å². The second-order valence-corrected chi connectivity index (χ2v) is 6.15. The number of carboxylic acid groups (broad SMARTS) is 1. The first-order valence-electron chi connectivity index (χ1n) is 8.10. The zero-order valence-corrected chi connectivity index (χ0v) is 14.2. The highest BCUT2D eigenvalue weighted by Gasteiger charge is 2.21. The average Bonchev–Trinajstić information content (AvgIpc) is 2.61. The number of hydrogen-bond donors (Lipinski definition) is 2. The molecule has 0 heterocycles. The Balaban J connectivity index is 2.09. The van der Waals surface area contributed by atoms with Crippen molar-refractivity contribution in [3.05, 3.63) is 71.3 Å². The summed E-state index contributed by atoms with van der Waals surface area (Å²) in [6.07, 6.45) is 0.160. The summed E-state index contributed by atoms with van der Waals surface area (Å²) < 4.78 is 0. The number of hydrogen-bond acceptors (Lipinski definition) is 3. The van der Waals surface area contributed by atoms with Crippen molar-refractivity contribution in [1.29, 1.82) is 0 Å². The van der Waals surface area contributed by atoms with Crippen LogP contribution in [0.1, 0.15) is 35.3 Å². The smallest absolute Gasteiger partial charge is 0.326 e. The van der Waals surface area contributed by atoms with Crippen LogP contribution in [0, 0.1) is 5.92 Å². The third-order valence-electron chi connectivity index (χ3n) is 3.83. The fraction of sp³-hybridized carbons (Fsp3) is 0.250. The zero-order chi connectivity index (χ0) is 18.4. The first-order valence-corrected chi connectivity index (χ1v) is 8.10. The predicted octanol–water partition coefficient (Wildman–Crippen LogP) is 2.69. The van der Waals surface area contributed by atoms with Crippen molar-refractivity contribution in [1.82, 2.24) is 5.32 Å². The minimum absolute atomic E-state index is 0.0879. The predicted molar refractivity (Wildman–Crippen MR) is 94.4 cm³/mol. The molecular formula is C20H21NO4. The van der Waals surface area contributed by atoms with E-state index in [4.69, 9.17) is 0 Å². The molecule has 1 atom stereocenters. The summed E-state index contributed by atoms with van der Waals surface area (Å²) in [4.78, 5) is 35.4. The van der Waals surface area contributed by atoms with Crippen molar-refractivity contribution >= 4 is 17.7 Å². The van der Waals surface area contributed by atoms with Crippen molar-refractivity contribution in [2.75, 3.05) is 0 Å². The SMILES string of the molecule is CC(C)C(=O)N[C@@H](Cc1ccc(C(=O)c2ccccc2)cc1)C(=O)O. The van der Waals surface area contributed by atoms with E-state index >= 15 is 0 Å². The third kappa shape index (κ3) is 5.01. The number of nitrogens with one attached hydrogen (secondary N) is 1. The van der Waals surface area contributed by atoms with Crippen molar-refractivity contribution in [3.63, 3.8) is 0 Å². The topological polar surface area (TPSA) is 83.5 Å². The van der Waals surface area contributed by atoms with Gasteiger partial charge in [-0.2, -0.15) is 0 Å². The first kappa shape index (κ1) is 18.4. The van der Waals surface area contributed by atoms with Crippen LogP contribution in [0.15, 0.2) is 54.6 Å². The van der Waals surface area contributed by atoms with Crippen molar-refractivity contribution in [2.24, 2.45) is 5.92 Å². The highest BCUT2D eigenvalue weighted by molar-refractivity contribution is 6.08. The number of carbonyl (C=O) groups is 3. The molecule has 0 fully saturated rings. The van der Waals surface area contributed by atoms with E-state index in [1.807, 2.05) is 6.07 Å². The Bertz CT molecular complexity index is 751. The van der Waals surface area contributed by atoms with Gasteiger partial charge in [-0.25, -0.2) is 4.79 Å². The van der Waals surface area contributed by atoms with Gasteiger partial charge in [0.2, 0.25) is 5.91 Å². The molecule has 2 rings (SSSR count). The molecule has 0 saturated carbocycles. The summed E-state index contributed by atoms with van der Waals surface area (Å²) in [5.41, 5.74) is 1.87. The Morgan fingerprint density at radius 2 is 1.48 bits per heavy atom. The van der Waals surface area contributed by atoms with Crippen LogP contribution >= 0.6 is 0 Å². The molecule has 130 valence electrons. The molecule has 0 aliphatic rings. The molecule has 0 radical (unpaired) electrons.